The van der Waals surface area contributed by atoms with Crippen LogP contribution in [0.1, 0.15) is 56.8 Å². The van der Waals surface area contributed by atoms with Crippen molar-refractivity contribution in [2.24, 2.45) is 11.8 Å². The molecule has 202 valence electrons. The van der Waals surface area contributed by atoms with Crippen LogP contribution in [0.15, 0.2) is 47.6 Å². The van der Waals surface area contributed by atoms with Crippen LogP contribution in [-0.4, -0.2) is 52.8 Å². The van der Waals surface area contributed by atoms with Gasteiger partial charge in [-0.05, 0) is 69.2 Å². The smallest absolute Gasteiger partial charge is 0.268 e. The number of nitrogen functional groups attached to an aromatic ring is 1. The van der Waals surface area contributed by atoms with E-state index in [0.717, 1.165) is 6.42 Å². The number of anilines is 2. The molecule has 0 aromatic carbocycles. The fourth-order valence-electron chi connectivity index (χ4n) is 5.14. The predicted molar refractivity (Wildman–Crippen MR) is 143 cm³/mol. The number of aromatic nitrogens is 4. The van der Waals surface area contributed by atoms with E-state index in [4.69, 9.17) is 15.5 Å². The number of hydrogen-bond donors (Lipinski definition) is 2. The van der Waals surface area contributed by atoms with Crippen molar-refractivity contribution in [2.45, 2.75) is 56.9 Å². The summed E-state index contributed by atoms with van der Waals surface area (Å²) in [4.78, 5) is 23.8. The molecular formula is C26H33N7O4S. The molecule has 0 spiro atoms. The van der Waals surface area contributed by atoms with E-state index < -0.39 is 15.9 Å². The average molecular weight is 540 g/mol. The first-order valence-corrected chi connectivity index (χ1v) is 14.3. The van der Waals surface area contributed by atoms with Crippen LogP contribution in [-0.2, 0) is 10.0 Å². The number of amides is 1. The highest BCUT2D eigenvalue weighted by Crippen LogP contribution is 2.38. The van der Waals surface area contributed by atoms with Gasteiger partial charge in [-0.2, -0.15) is 0 Å². The predicted octanol–water partition coefficient (Wildman–Crippen LogP) is 3.17. The second-order valence-corrected chi connectivity index (χ2v) is 12.5. The average Bonchev–Trinajstić information content (AvgIpc) is 3.40. The van der Waals surface area contributed by atoms with E-state index in [1.54, 1.807) is 29.1 Å². The number of nitrogens with zero attached hydrogens (tertiary/aromatic N) is 5. The van der Waals surface area contributed by atoms with Crippen LogP contribution >= 0.6 is 0 Å². The van der Waals surface area contributed by atoms with Gasteiger partial charge in [0.2, 0.25) is 5.88 Å². The zero-order valence-corrected chi connectivity index (χ0v) is 22.6. The molecule has 3 N–H and O–H groups in total. The maximum atomic E-state index is 13.4. The highest BCUT2D eigenvalue weighted by Gasteiger charge is 2.39. The Morgan fingerprint density at radius 2 is 2.03 bits per heavy atom. The molecule has 38 heavy (non-hydrogen) atoms. The molecule has 1 saturated carbocycles. The van der Waals surface area contributed by atoms with Crippen molar-refractivity contribution < 1.29 is 17.9 Å². The van der Waals surface area contributed by atoms with Gasteiger partial charge < -0.3 is 15.4 Å². The number of hydrogen-bond acceptors (Lipinski definition) is 9. The van der Waals surface area contributed by atoms with Gasteiger partial charge in [0, 0.05) is 30.5 Å². The molecule has 1 amide bonds. The lowest BCUT2D eigenvalue weighted by molar-refractivity contribution is 0.0981. The van der Waals surface area contributed by atoms with E-state index in [2.05, 4.69) is 40.5 Å². The summed E-state index contributed by atoms with van der Waals surface area (Å²) in [5.41, 5.74) is 5.59. The van der Waals surface area contributed by atoms with Crippen LogP contribution < -0.4 is 20.1 Å². The number of rotatable bonds is 8. The zero-order valence-electron chi connectivity index (χ0n) is 21.8. The fraction of sp³-hybridized carbons (Fsp3) is 0.462. The summed E-state index contributed by atoms with van der Waals surface area (Å²) < 4.78 is 35.5. The molecule has 2 aliphatic rings. The lowest BCUT2D eigenvalue weighted by Crippen LogP contribution is -2.41. The van der Waals surface area contributed by atoms with Crippen LogP contribution in [0.25, 0.3) is 5.82 Å². The van der Waals surface area contributed by atoms with Crippen molar-refractivity contribution in [3.8, 4) is 11.7 Å². The number of carbonyl (C=O) groups excluding carboxylic acids is 1. The van der Waals surface area contributed by atoms with E-state index in [1.165, 1.54) is 37.6 Å². The van der Waals surface area contributed by atoms with Crippen molar-refractivity contribution in [2.75, 3.05) is 23.8 Å². The summed E-state index contributed by atoms with van der Waals surface area (Å²) in [6.07, 6.45) is 7.65. The molecule has 12 heteroatoms. The lowest BCUT2D eigenvalue weighted by Gasteiger charge is -2.34. The largest absolute Gasteiger partial charge is 0.476 e. The Morgan fingerprint density at radius 3 is 2.68 bits per heavy atom. The highest BCUT2D eigenvalue weighted by molar-refractivity contribution is 7.90. The Balaban J connectivity index is 1.47. The molecule has 0 radical (unpaired) electrons. The number of sulfonamides is 1. The number of pyridine rings is 2. The first-order valence-electron chi connectivity index (χ1n) is 12.8. The summed E-state index contributed by atoms with van der Waals surface area (Å²) in [7, 11) is -4.26. The van der Waals surface area contributed by atoms with Gasteiger partial charge in [0.1, 0.15) is 16.5 Å². The van der Waals surface area contributed by atoms with Crippen LogP contribution in [0.4, 0.5) is 11.6 Å². The molecule has 1 aliphatic carbocycles. The molecule has 1 aliphatic heterocycles. The first-order chi connectivity index (χ1) is 18.0. The van der Waals surface area contributed by atoms with Crippen molar-refractivity contribution in [3.05, 3.63) is 48.3 Å². The van der Waals surface area contributed by atoms with Gasteiger partial charge in [-0.25, -0.2) is 27.8 Å². The first kappa shape index (κ1) is 26.0. The van der Waals surface area contributed by atoms with E-state index in [-0.39, 0.29) is 21.8 Å². The SMILES string of the molecule is C[C@@H]1CN(c2nc(-n3ccc(OCC4CCC4)n3)ccc2C(=O)NS(=O)(=O)c2cccnc2N)C(C)(C)C1. The lowest BCUT2D eigenvalue weighted by atomic mass is 9.86. The van der Waals surface area contributed by atoms with Gasteiger partial charge >= 0.3 is 0 Å². The monoisotopic (exact) mass is 539 g/mol. The van der Waals surface area contributed by atoms with Gasteiger partial charge in [-0.1, -0.05) is 13.3 Å². The van der Waals surface area contributed by atoms with Crippen molar-refractivity contribution in [3.63, 3.8) is 0 Å². The van der Waals surface area contributed by atoms with Crippen molar-refractivity contribution in [1.29, 1.82) is 0 Å². The second-order valence-electron chi connectivity index (χ2n) is 10.8. The zero-order chi connectivity index (χ0) is 27.1. The molecule has 1 atom stereocenters. The Kier molecular flexibility index (Phi) is 6.76. The number of nitrogens with one attached hydrogen (secondary N) is 1. The van der Waals surface area contributed by atoms with Gasteiger partial charge in [-0.15, -0.1) is 5.10 Å². The second kappa shape index (κ2) is 9.90. The van der Waals surface area contributed by atoms with Gasteiger partial charge in [0.15, 0.2) is 5.82 Å². The summed E-state index contributed by atoms with van der Waals surface area (Å²) in [6, 6.07) is 7.74. The molecule has 0 unspecified atom stereocenters. The van der Waals surface area contributed by atoms with Crippen LogP contribution in [0.2, 0.25) is 0 Å². The quantitative estimate of drug-likeness (QED) is 0.441. The Bertz CT molecular complexity index is 1450. The van der Waals surface area contributed by atoms with Crippen molar-refractivity contribution in [1.82, 2.24) is 24.5 Å². The van der Waals surface area contributed by atoms with E-state index in [1.807, 2.05) is 0 Å². The molecule has 4 heterocycles. The third-order valence-corrected chi connectivity index (χ3v) is 8.62. The Hall–Kier alpha value is -3.67. The normalized spacial score (nSPS) is 19.2. The van der Waals surface area contributed by atoms with E-state index >= 15 is 0 Å². The molecule has 11 nitrogen and oxygen atoms in total. The molecule has 3 aromatic rings. The van der Waals surface area contributed by atoms with Gasteiger partial charge in [0.05, 0.1) is 12.2 Å². The standard InChI is InChI=1S/C26H33N7O4S/c1-17-14-26(2,3)32(15-17)24-19(25(34)31-38(35,36)20-8-5-12-28-23(20)27)9-10-21(29-24)33-13-11-22(30-33)37-16-18-6-4-7-18/h5,8-13,17-18H,4,6-7,14-16H2,1-3H3,(H2,27,28)(H,31,34)/t17-/m0/s1. The van der Waals surface area contributed by atoms with Crippen LogP contribution in [0.3, 0.4) is 0 Å². The third kappa shape index (κ3) is 5.17. The number of nitrogens with two attached hydrogens (primary N) is 1. The minimum absolute atomic E-state index is 0.135. The third-order valence-electron chi connectivity index (χ3n) is 7.24. The van der Waals surface area contributed by atoms with Gasteiger partial charge in [0.25, 0.3) is 15.9 Å². The molecule has 0 bridgehead atoms. The highest BCUT2D eigenvalue weighted by atomic mass is 32.2. The van der Waals surface area contributed by atoms with Crippen LogP contribution in [0.5, 0.6) is 5.88 Å². The molecule has 2 fully saturated rings. The maximum Gasteiger partial charge on any atom is 0.268 e. The molecular weight excluding hydrogens is 506 g/mol. The minimum Gasteiger partial charge on any atom is -0.476 e. The summed E-state index contributed by atoms with van der Waals surface area (Å²) >= 11 is 0. The van der Waals surface area contributed by atoms with Crippen LogP contribution in [0, 0.1) is 11.8 Å². The summed E-state index contributed by atoms with van der Waals surface area (Å²) in [6.45, 7) is 7.62. The summed E-state index contributed by atoms with van der Waals surface area (Å²) in [5.74, 6) is 1.34. The number of carbonyl (C=O) groups is 1. The molecule has 1 saturated heterocycles. The fourth-order valence-corrected chi connectivity index (χ4v) is 6.19. The Labute approximate surface area is 222 Å². The van der Waals surface area contributed by atoms with Crippen molar-refractivity contribution >= 4 is 27.6 Å². The van der Waals surface area contributed by atoms with E-state index in [0.29, 0.717) is 42.5 Å². The number of ether oxygens (including phenoxy) is 1. The Morgan fingerprint density at radius 1 is 1.24 bits per heavy atom. The maximum absolute atomic E-state index is 13.4. The summed E-state index contributed by atoms with van der Waals surface area (Å²) in [5, 5.41) is 4.51. The molecule has 3 aromatic heterocycles. The van der Waals surface area contributed by atoms with Gasteiger partial charge in [-0.3, -0.25) is 4.79 Å². The topological polar surface area (TPSA) is 145 Å². The minimum atomic E-state index is -4.26. The molecule has 5 rings (SSSR count). The van der Waals surface area contributed by atoms with E-state index in [9.17, 15) is 13.2 Å².